The Morgan fingerprint density at radius 3 is 2.56 bits per heavy atom. The Kier molecular flexibility index (Phi) is 5.81. The first-order valence-corrected chi connectivity index (χ1v) is 10.3. The van der Waals surface area contributed by atoms with E-state index in [9.17, 15) is 13.2 Å². The molecule has 27 heavy (non-hydrogen) atoms. The van der Waals surface area contributed by atoms with E-state index >= 15 is 0 Å². The van der Waals surface area contributed by atoms with Gasteiger partial charge in [-0.25, -0.2) is 13.2 Å². The molecule has 3 rings (SSSR count). The summed E-state index contributed by atoms with van der Waals surface area (Å²) in [6.07, 6.45) is 0.571. The fourth-order valence-electron chi connectivity index (χ4n) is 3.19. The standard InChI is InChI=1S/C18H24N4O4S/c1-14-17(15(2)26-20-14)27(24,25)22-10-6-9-21(11-12-22)18(23)19-13-16-7-4-3-5-8-16/h3-5,7-8H,6,9-13H2,1-2H3,(H,19,23). The van der Waals surface area contributed by atoms with Crippen LogP contribution in [0.5, 0.6) is 0 Å². The van der Waals surface area contributed by atoms with Crippen molar-refractivity contribution < 1.29 is 17.7 Å². The van der Waals surface area contributed by atoms with Crippen molar-refractivity contribution in [1.29, 1.82) is 0 Å². The molecule has 1 aliphatic heterocycles. The van der Waals surface area contributed by atoms with E-state index in [0.717, 1.165) is 5.56 Å². The highest BCUT2D eigenvalue weighted by molar-refractivity contribution is 7.89. The van der Waals surface area contributed by atoms with Gasteiger partial charge in [0.1, 0.15) is 10.6 Å². The van der Waals surface area contributed by atoms with Gasteiger partial charge in [0.15, 0.2) is 5.76 Å². The number of hydrogen-bond acceptors (Lipinski definition) is 5. The second-order valence-corrected chi connectivity index (χ2v) is 8.42. The first kappa shape index (κ1) is 19.4. The Morgan fingerprint density at radius 1 is 1.15 bits per heavy atom. The van der Waals surface area contributed by atoms with Crippen molar-refractivity contribution in [2.45, 2.75) is 31.7 Å². The van der Waals surface area contributed by atoms with Crippen LogP contribution in [0.1, 0.15) is 23.4 Å². The van der Waals surface area contributed by atoms with Crippen LogP contribution < -0.4 is 5.32 Å². The summed E-state index contributed by atoms with van der Waals surface area (Å²) in [6.45, 7) is 5.09. The van der Waals surface area contributed by atoms with Gasteiger partial charge in [0.2, 0.25) is 10.0 Å². The van der Waals surface area contributed by atoms with Crippen molar-refractivity contribution in [3.8, 4) is 0 Å². The molecule has 0 saturated carbocycles. The van der Waals surface area contributed by atoms with Crippen LogP contribution in [0.3, 0.4) is 0 Å². The Bertz CT molecular complexity index is 876. The van der Waals surface area contributed by atoms with E-state index in [1.807, 2.05) is 30.3 Å². The van der Waals surface area contributed by atoms with Gasteiger partial charge >= 0.3 is 6.03 Å². The fraction of sp³-hybridized carbons (Fsp3) is 0.444. The van der Waals surface area contributed by atoms with Crippen LogP contribution in [0, 0.1) is 13.8 Å². The second kappa shape index (κ2) is 8.10. The largest absolute Gasteiger partial charge is 0.360 e. The van der Waals surface area contributed by atoms with Crippen LogP contribution in [-0.4, -0.2) is 55.0 Å². The van der Waals surface area contributed by atoms with Gasteiger partial charge < -0.3 is 14.7 Å². The second-order valence-electron chi connectivity index (χ2n) is 6.54. The van der Waals surface area contributed by atoms with E-state index in [1.54, 1.807) is 18.7 Å². The average Bonchev–Trinajstić information content (AvgIpc) is 2.86. The van der Waals surface area contributed by atoms with E-state index < -0.39 is 10.0 Å². The lowest BCUT2D eigenvalue weighted by atomic mass is 10.2. The molecule has 2 amide bonds. The highest BCUT2D eigenvalue weighted by atomic mass is 32.2. The van der Waals surface area contributed by atoms with Crippen LogP contribution in [-0.2, 0) is 16.6 Å². The molecule has 2 aromatic rings. The number of nitrogens with one attached hydrogen (secondary N) is 1. The molecule has 0 atom stereocenters. The zero-order chi connectivity index (χ0) is 19.4. The number of amides is 2. The Balaban J connectivity index is 1.62. The molecule has 0 unspecified atom stereocenters. The van der Waals surface area contributed by atoms with E-state index in [2.05, 4.69) is 10.5 Å². The van der Waals surface area contributed by atoms with E-state index in [4.69, 9.17) is 4.52 Å². The predicted molar refractivity (Wildman–Crippen MR) is 99.6 cm³/mol. The molecule has 1 fully saturated rings. The maximum absolute atomic E-state index is 12.9. The fourth-order valence-corrected chi connectivity index (χ4v) is 4.96. The summed E-state index contributed by atoms with van der Waals surface area (Å²) in [5.74, 6) is 0.286. The first-order valence-electron chi connectivity index (χ1n) is 8.89. The highest BCUT2D eigenvalue weighted by Gasteiger charge is 2.32. The summed E-state index contributed by atoms with van der Waals surface area (Å²) in [7, 11) is -3.69. The molecule has 0 spiro atoms. The third-order valence-electron chi connectivity index (χ3n) is 4.59. The summed E-state index contributed by atoms with van der Waals surface area (Å²) in [5.41, 5.74) is 1.37. The SMILES string of the molecule is Cc1noc(C)c1S(=O)(=O)N1CCCN(C(=O)NCc2ccccc2)CC1. The topological polar surface area (TPSA) is 95.8 Å². The van der Waals surface area contributed by atoms with Crippen molar-refractivity contribution in [2.24, 2.45) is 0 Å². The average molecular weight is 392 g/mol. The van der Waals surface area contributed by atoms with Gasteiger partial charge in [-0.3, -0.25) is 0 Å². The van der Waals surface area contributed by atoms with Crippen LogP contribution in [0.15, 0.2) is 39.8 Å². The minimum absolute atomic E-state index is 0.129. The molecule has 8 nitrogen and oxygen atoms in total. The smallest absolute Gasteiger partial charge is 0.317 e. The number of hydrogen-bond donors (Lipinski definition) is 1. The van der Waals surface area contributed by atoms with Gasteiger partial charge in [-0.1, -0.05) is 35.5 Å². The molecule has 1 N–H and O–H groups in total. The number of benzene rings is 1. The molecular weight excluding hydrogens is 368 g/mol. The molecule has 0 radical (unpaired) electrons. The lowest BCUT2D eigenvalue weighted by Crippen LogP contribution is -2.42. The van der Waals surface area contributed by atoms with Gasteiger partial charge in [-0.2, -0.15) is 4.31 Å². The molecular formula is C18H24N4O4S. The minimum atomic E-state index is -3.69. The number of urea groups is 1. The molecule has 1 aliphatic rings. The molecule has 0 aliphatic carbocycles. The number of carbonyl (C=O) groups is 1. The Morgan fingerprint density at radius 2 is 1.89 bits per heavy atom. The lowest BCUT2D eigenvalue weighted by molar-refractivity contribution is 0.200. The zero-order valence-corrected chi connectivity index (χ0v) is 16.3. The van der Waals surface area contributed by atoms with Crippen LogP contribution in [0.25, 0.3) is 0 Å². The molecule has 1 saturated heterocycles. The number of rotatable bonds is 4. The third-order valence-corrected chi connectivity index (χ3v) is 6.74. The molecule has 0 bridgehead atoms. The van der Waals surface area contributed by atoms with E-state index in [1.165, 1.54) is 4.31 Å². The van der Waals surface area contributed by atoms with Gasteiger partial charge in [-0.05, 0) is 25.8 Å². The quantitative estimate of drug-likeness (QED) is 0.857. The summed E-state index contributed by atoms with van der Waals surface area (Å²) in [5, 5.41) is 6.63. The number of nitrogens with zero attached hydrogens (tertiary/aromatic N) is 3. The van der Waals surface area contributed by atoms with Crippen molar-refractivity contribution in [2.75, 3.05) is 26.2 Å². The molecule has 2 heterocycles. The lowest BCUT2D eigenvalue weighted by Gasteiger charge is -2.22. The Hall–Kier alpha value is -2.39. The normalized spacial score (nSPS) is 16.1. The number of sulfonamides is 1. The van der Waals surface area contributed by atoms with Gasteiger partial charge in [-0.15, -0.1) is 0 Å². The van der Waals surface area contributed by atoms with Crippen LogP contribution >= 0.6 is 0 Å². The summed E-state index contributed by atoms with van der Waals surface area (Å²) in [4.78, 5) is 14.2. The minimum Gasteiger partial charge on any atom is -0.360 e. The Labute approximate surface area is 159 Å². The molecule has 9 heteroatoms. The van der Waals surface area contributed by atoms with Crippen molar-refractivity contribution >= 4 is 16.1 Å². The maximum atomic E-state index is 12.9. The number of carbonyl (C=O) groups excluding carboxylic acids is 1. The first-order chi connectivity index (χ1) is 12.9. The van der Waals surface area contributed by atoms with Crippen LogP contribution in [0.2, 0.25) is 0 Å². The summed E-state index contributed by atoms with van der Waals surface area (Å²) >= 11 is 0. The predicted octanol–water partition coefficient (Wildman–Crippen LogP) is 1.90. The van der Waals surface area contributed by atoms with Crippen molar-refractivity contribution in [3.05, 3.63) is 47.3 Å². The van der Waals surface area contributed by atoms with E-state index in [0.29, 0.717) is 38.3 Å². The summed E-state index contributed by atoms with van der Waals surface area (Å²) < 4.78 is 32.3. The van der Waals surface area contributed by atoms with Gasteiger partial charge in [0.25, 0.3) is 0 Å². The molecule has 146 valence electrons. The number of aromatic nitrogens is 1. The van der Waals surface area contributed by atoms with Crippen molar-refractivity contribution in [1.82, 2.24) is 19.7 Å². The maximum Gasteiger partial charge on any atom is 0.317 e. The van der Waals surface area contributed by atoms with Crippen molar-refractivity contribution in [3.63, 3.8) is 0 Å². The third kappa shape index (κ3) is 4.30. The summed E-state index contributed by atoms with van der Waals surface area (Å²) in [6, 6.07) is 9.47. The molecule has 1 aromatic heterocycles. The zero-order valence-electron chi connectivity index (χ0n) is 15.5. The van der Waals surface area contributed by atoms with Gasteiger partial charge in [0.05, 0.1) is 0 Å². The van der Waals surface area contributed by atoms with E-state index in [-0.39, 0.29) is 23.2 Å². The highest BCUT2D eigenvalue weighted by Crippen LogP contribution is 2.24. The number of aryl methyl sites for hydroxylation is 2. The van der Waals surface area contributed by atoms with Gasteiger partial charge in [0, 0.05) is 32.7 Å². The molecule has 1 aromatic carbocycles. The van der Waals surface area contributed by atoms with Crippen LogP contribution in [0.4, 0.5) is 4.79 Å². The monoisotopic (exact) mass is 392 g/mol.